The highest BCUT2D eigenvalue weighted by Gasteiger charge is 2.45. The Kier molecular flexibility index (Phi) is 6.31. The van der Waals surface area contributed by atoms with Gasteiger partial charge in [-0.3, -0.25) is 10.1 Å². The topological polar surface area (TPSA) is 57.3 Å². The maximum atomic E-state index is 14.8. The Hall–Kier alpha value is -2.55. The first-order chi connectivity index (χ1) is 16.4. The number of thiazole rings is 1. The third-order valence-electron chi connectivity index (χ3n) is 6.83. The van der Waals surface area contributed by atoms with Gasteiger partial charge in [-0.1, -0.05) is 23.7 Å². The summed E-state index contributed by atoms with van der Waals surface area (Å²) < 4.78 is 29.6. The van der Waals surface area contributed by atoms with Gasteiger partial charge < -0.3 is 10.2 Å². The highest BCUT2D eigenvalue weighted by molar-refractivity contribution is 7.14. The molecule has 2 heterocycles. The Morgan fingerprint density at radius 1 is 1.18 bits per heavy atom. The second-order valence-corrected chi connectivity index (χ2v) is 10.3. The predicted molar refractivity (Wildman–Crippen MR) is 132 cm³/mol. The molecule has 9 heteroatoms. The lowest BCUT2D eigenvalue weighted by Gasteiger charge is -2.29. The standard InChI is InChI=1S/C25H25ClF2N4OS/c1-25(15-2-3-15,16-4-6-17(26)7-5-16)21-14-34-24(30-21)31-23(33)22-19(27)12-18(13-20(22)28)32-10-8-29-9-11-32/h4-7,12-15,29H,2-3,8-11H2,1H3,(H,30,31,33). The lowest BCUT2D eigenvalue weighted by molar-refractivity contribution is 0.101. The van der Waals surface area contributed by atoms with Crippen molar-refractivity contribution in [3.8, 4) is 0 Å². The average Bonchev–Trinajstić information content (AvgIpc) is 3.58. The van der Waals surface area contributed by atoms with Crippen molar-refractivity contribution in [2.24, 2.45) is 5.92 Å². The fourth-order valence-electron chi connectivity index (χ4n) is 4.66. The monoisotopic (exact) mass is 502 g/mol. The van der Waals surface area contributed by atoms with Crippen molar-refractivity contribution in [3.63, 3.8) is 0 Å². The van der Waals surface area contributed by atoms with E-state index in [4.69, 9.17) is 11.6 Å². The van der Waals surface area contributed by atoms with Crippen LogP contribution in [-0.2, 0) is 5.41 Å². The number of benzene rings is 2. The molecule has 2 aliphatic rings. The number of halogens is 3. The van der Waals surface area contributed by atoms with Crippen molar-refractivity contribution in [2.45, 2.75) is 25.2 Å². The molecule has 1 aromatic heterocycles. The van der Waals surface area contributed by atoms with E-state index in [-0.39, 0.29) is 5.41 Å². The number of hydrogen-bond donors (Lipinski definition) is 2. The lowest BCUT2D eigenvalue weighted by atomic mass is 9.75. The number of carbonyl (C=O) groups is 1. The van der Waals surface area contributed by atoms with Crippen LogP contribution < -0.4 is 15.5 Å². The molecular weight excluding hydrogens is 478 g/mol. The van der Waals surface area contributed by atoms with Crippen molar-refractivity contribution >= 4 is 39.7 Å². The minimum absolute atomic E-state index is 0.311. The van der Waals surface area contributed by atoms with E-state index in [2.05, 4.69) is 22.5 Å². The molecule has 5 rings (SSSR count). The maximum absolute atomic E-state index is 14.8. The van der Waals surface area contributed by atoms with Crippen LogP contribution in [0.25, 0.3) is 0 Å². The van der Waals surface area contributed by atoms with Crippen LogP contribution in [0.2, 0.25) is 5.02 Å². The number of piperazine rings is 1. The van der Waals surface area contributed by atoms with Crippen molar-refractivity contribution in [1.82, 2.24) is 10.3 Å². The van der Waals surface area contributed by atoms with E-state index in [1.165, 1.54) is 23.5 Å². The first-order valence-corrected chi connectivity index (χ1v) is 12.6. The van der Waals surface area contributed by atoms with Crippen LogP contribution in [-0.4, -0.2) is 37.1 Å². The van der Waals surface area contributed by atoms with Crippen LogP contribution in [0.4, 0.5) is 19.6 Å². The van der Waals surface area contributed by atoms with Crippen molar-refractivity contribution in [3.05, 3.63) is 75.3 Å². The number of nitrogens with zero attached hydrogens (tertiary/aromatic N) is 2. The van der Waals surface area contributed by atoms with Gasteiger partial charge in [0.2, 0.25) is 0 Å². The predicted octanol–water partition coefficient (Wildman–Crippen LogP) is 5.45. The van der Waals surface area contributed by atoms with Crippen LogP contribution in [0, 0.1) is 17.6 Å². The molecule has 0 radical (unpaired) electrons. The van der Waals surface area contributed by atoms with Gasteiger partial charge >= 0.3 is 0 Å². The maximum Gasteiger partial charge on any atom is 0.263 e. The summed E-state index contributed by atoms with van der Waals surface area (Å²) in [5, 5.41) is 8.68. The van der Waals surface area contributed by atoms with Crippen LogP contribution in [0.3, 0.4) is 0 Å². The molecular formula is C25H25ClF2N4OS. The molecule has 0 bridgehead atoms. The van der Waals surface area contributed by atoms with Crippen molar-refractivity contribution < 1.29 is 13.6 Å². The summed E-state index contributed by atoms with van der Waals surface area (Å²) in [6.45, 7) is 4.93. The summed E-state index contributed by atoms with van der Waals surface area (Å²) in [4.78, 5) is 19.3. The van der Waals surface area contributed by atoms with Gasteiger partial charge in [0.05, 0.1) is 5.69 Å². The first kappa shape index (κ1) is 23.2. The molecule has 2 N–H and O–H groups in total. The molecule has 1 atom stereocenters. The number of amides is 1. The Labute approximate surface area is 206 Å². The lowest BCUT2D eigenvalue weighted by Crippen LogP contribution is -2.43. The van der Waals surface area contributed by atoms with E-state index >= 15 is 0 Å². The Bertz CT molecular complexity index is 1180. The van der Waals surface area contributed by atoms with Gasteiger partial charge in [0.1, 0.15) is 17.2 Å². The number of carbonyl (C=O) groups excluding carboxylic acids is 1. The minimum Gasteiger partial charge on any atom is -0.369 e. The zero-order chi connectivity index (χ0) is 23.9. The molecule has 1 saturated carbocycles. The van der Waals surface area contributed by atoms with Gasteiger partial charge in [-0.2, -0.15) is 0 Å². The van der Waals surface area contributed by atoms with E-state index in [9.17, 15) is 13.6 Å². The quantitative estimate of drug-likeness (QED) is 0.470. The molecule has 2 fully saturated rings. The van der Waals surface area contributed by atoms with Gasteiger partial charge in [-0.05, 0) is 55.5 Å². The summed E-state index contributed by atoms with van der Waals surface area (Å²) in [6, 6.07) is 10.2. The van der Waals surface area contributed by atoms with E-state index in [0.29, 0.717) is 34.8 Å². The number of aromatic nitrogens is 1. The summed E-state index contributed by atoms with van der Waals surface area (Å²) in [6.07, 6.45) is 2.18. The second kappa shape index (κ2) is 9.24. The van der Waals surface area contributed by atoms with Gasteiger partial charge in [-0.15, -0.1) is 11.3 Å². The molecule has 1 aliphatic heterocycles. The Balaban J connectivity index is 1.37. The number of hydrogen-bond acceptors (Lipinski definition) is 5. The van der Waals surface area contributed by atoms with E-state index in [1.807, 2.05) is 34.5 Å². The smallest absolute Gasteiger partial charge is 0.263 e. The largest absolute Gasteiger partial charge is 0.369 e. The fourth-order valence-corrected chi connectivity index (χ4v) is 5.61. The van der Waals surface area contributed by atoms with Crippen molar-refractivity contribution in [2.75, 3.05) is 36.4 Å². The third-order valence-corrected chi connectivity index (χ3v) is 7.84. The molecule has 0 spiro atoms. The third kappa shape index (κ3) is 4.42. The Morgan fingerprint density at radius 2 is 1.82 bits per heavy atom. The summed E-state index contributed by atoms with van der Waals surface area (Å²) in [5.74, 6) is -2.17. The fraction of sp³-hybridized carbons (Fsp3) is 0.360. The van der Waals surface area contributed by atoms with Crippen molar-refractivity contribution in [1.29, 1.82) is 0 Å². The van der Waals surface area contributed by atoms with Crippen LogP contribution >= 0.6 is 22.9 Å². The molecule has 5 nitrogen and oxygen atoms in total. The van der Waals surface area contributed by atoms with Gasteiger partial charge in [0.15, 0.2) is 5.13 Å². The highest BCUT2D eigenvalue weighted by atomic mass is 35.5. The number of anilines is 2. The zero-order valence-corrected chi connectivity index (χ0v) is 20.3. The summed E-state index contributed by atoms with van der Waals surface area (Å²) in [7, 11) is 0. The minimum atomic E-state index is -0.883. The highest BCUT2D eigenvalue weighted by Crippen LogP contribution is 2.51. The van der Waals surface area contributed by atoms with Crippen LogP contribution in [0.1, 0.15) is 41.4 Å². The first-order valence-electron chi connectivity index (χ1n) is 11.3. The van der Waals surface area contributed by atoms with E-state index in [1.54, 1.807) is 0 Å². The second-order valence-electron chi connectivity index (χ2n) is 9.00. The van der Waals surface area contributed by atoms with E-state index in [0.717, 1.165) is 37.2 Å². The molecule has 1 amide bonds. The van der Waals surface area contributed by atoms with Crippen LogP contribution in [0.5, 0.6) is 0 Å². The molecule has 2 aromatic carbocycles. The van der Waals surface area contributed by atoms with Gasteiger partial charge in [-0.25, -0.2) is 13.8 Å². The van der Waals surface area contributed by atoms with Gasteiger partial charge in [0.25, 0.3) is 5.91 Å². The SMILES string of the molecule is CC(c1ccc(Cl)cc1)(c1csc(NC(=O)c2c(F)cc(N3CCNCC3)cc2F)n1)C1CC1. The zero-order valence-electron chi connectivity index (χ0n) is 18.7. The van der Waals surface area contributed by atoms with Gasteiger partial charge in [0, 0.05) is 47.7 Å². The molecule has 1 aliphatic carbocycles. The molecule has 3 aromatic rings. The average molecular weight is 503 g/mol. The number of nitrogens with one attached hydrogen (secondary N) is 2. The molecule has 1 saturated heterocycles. The normalized spacial score (nSPS) is 17.9. The molecule has 1 unspecified atom stereocenters. The van der Waals surface area contributed by atoms with Crippen LogP contribution in [0.15, 0.2) is 41.8 Å². The summed E-state index contributed by atoms with van der Waals surface area (Å²) >= 11 is 7.32. The van der Waals surface area contributed by atoms with E-state index < -0.39 is 23.1 Å². The Morgan fingerprint density at radius 3 is 2.44 bits per heavy atom. The summed E-state index contributed by atoms with van der Waals surface area (Å²) in [5.41, 5.74) is 1.44. The molecule has 34 heavy (non-hydrogen) atoms. The molecule has 178 valence electrons. The number of rotatable bonds is 6.